The minimum absolute atomic E-state index is 0.321. The van der Waals surface area contributed by atoms with E-state index in [0.717, 1.165) is 0 Å². The van der Waals surface area contributed by atoms with Crippen LogP contribution in [-0.2, 0) is 0 Å². The Balaban J connectivity index is 3.12. The Morgan fingerprint density at radius 3 is 2.69 bits per heavy atom. The molecule has 2 aromatic rings. The van der Waals surface area contributed by atoms with E-state index in [9.17, 15) is 9.59 Å². The first kappa shape index (κ1) is 7.60. The van der Waals surface area contributed by atoms with Crippen molar-refractivity contribution in [3.05, 3.63) is 39.0 Å². The summed E-state index contributed by atoms with van der Waals surface area (Å²) in [4.78, 5) is 26.7. The number of nitrogen functional groups attached to an aromatic ring is 1. The molecule has 0 bridgehead atoms. The highest BCUT2D eigenvalue weighted by molar-refractivity contribution is 5.88. The van der Waals surface area contributed by atoms with E-state index in [4.69, 9.17) is 5.73 Å². The van der Waals surface area contributed by atoms with Crippen LogP contribution in [0.1, 0.15) is 0 Å². The van der Waals surface area contributed by atoms with E-state index in [1.54, 1.807) is 18.2 Å². The van der Waals surface area contributed by atoms with Crippen LogP contribution in [0.5, 0.6) is 0 Å². The molecule has 2 rings (SSSR count). The largest absolute Gasteiger partial charge is 0.398 e. The predicted octanol–water partition coefficient (Wildman–Crippen LogP) is -0.201. The molecule has 0 aliphatic carbocycles. The Morgan fingerprint density at radius 1 is 1.15 bits per heavy atom. The fraction of sp³-hybridized carbons (Fsp3) is 0. The lowest BCUT2D eigenvalue weighted by Crippen LogP contribution is -2.22. The Labute approximate surface area is 72.2 Å². The minimum Gasteiger partial charge on any atom is -0.398 e. The van der Waals surface area contributed by atoms with Gasteiger partial charge in [0.25, 0.3) is 5.56 Å². The second kappa shape index (κ2) is 2.48. The van der Waals surface area contributed by atoms with E-state index in [0.29, 0.717) is 16.6 Å². The molecule has 0 saturated carbocycles. The Bertz CT molecular complexity index is 567. The average molecular weight is 177 g/mol. The van der Waals surface area contributed by atoms with Crippen molar-refractivity contribution in [1.82, 2.24) is 9.97 Å². The van der Waals surface area contributed by atoms with Gasteiger partial charge in [-0.25, -0.2) is 4.79 Å². The van der Waals surface area contributed by atoms with Crippen LogP contribution in [0, 0.1) is 0 Å². The molecule has 0 amide bonds. The summed E-state index contributed by atoms with van der Waals surface area (Å²) in [6.07, 6.45) is 0. The van der Waals surface area contributed by atoms with Crippen LogP contribution in [0.2, 0.25) is 0 Å². The number of rotatable bonds is 0. The number of aromatic nitrogens is 2. The van der Waals surface area contributed by atoms with Gasteiger partial charge in [-0.15, -0.1) is 0 Å². The Morgan fingerprint density at radius 2 is 1.92 bits per heavy atom. The molecule has 5 heteroatoms. The van der Waals surface area contributed by atoms with Crippen LogP contribution < -0.4 is 17.0 Å². The summed E-state index contributed by atoms with van der Waals surface area (Å²) in [5, 5.41) is 0.321. The Kier molecular flexibility index (Phi) is 1.45. The van der Waals surface area contributed by atoms with Crippen molar-refractivity contribution in [2.24, 2.45) is 0 Å². The molecule has 1 aromatic heterocycles. The molecule has 66 valence electrons. The van der Waals surface area contributed by atoms with Gasteiger partial charge in [-0.2, -0.15) is 0 Å². The first-order chi connectivity index (χ1) is 6.18. The fourth-order valence-corrected chi connectivity index (χ4v) is 1.25. The zero-order chi connectivity index (χ0) is 9.42. The molecule has 1 aromatic carbocycles. The van der Waals surface area contributed by atoms with Gasteiger partial charge < -0.3 is 10.7 Å². The third kappa shape index (κ3) is 1.10. The molecule has 0 aliphatic rings. The first-order valence-corrected chi connectivity index (χ1v) is 3.69. The normalized spacial score (nSPS) is 10.5. The van der Waals surface area contributed by atoms with Crippen molar-refractivity contribution in [1.29, 1.82) is 0 Å². The summed E-state index contributed by atoms with van der Waals surface area (Å²) < 4.78 is 0. The van der Waals surface area contributed by atoms with Crippen LogP contribution in [0.4, 0.5) is 5.69 Å². The van der Waals surface area contributed by atoms with Gasteiger partial charge in [0.15, 0.2) is 0 Å². The molecule has 13 heavy (non-hydrogen) atoms. The number of hydrogen-bond acceptors (Lipinski definition) is 3. The van der Waals surface area contributed by atoms with Crippen molar-refractivity contribution in [3.8, 4) is 0 Å². The molecule has 4 N–H and O–H groups in total. The Hall–Kier alpha value is -2.04. The zero-order valence-electron chi connectivity index (χ0n) is 6.63. The van der Waals surface area contributed by atoms with Crippen LogP contribution in [0.15, 0.2) is 27.8 Å². The van der Waals surface area contributed by atoms with Gasteiger partial charge in [0.05, 0.1) is 10.9 Å². The smallest absolute Gasteiger partial charge is 0.326 e. The molecular weight excluding hydrogens is 170 g/mol. The molecule has 0 radical (unpaired) electrons. The van der Waals surface area contributed by atoms with Crippen molar-refractivity contribution in [3.63, 3.8) is 0 Å². The van der Waals surface area contributed by atoms with E-state index in [2.05, 4.69) is 9.97 Å². The van der Waals surface area contributed by atoms with Gasteiger partial charge in [0, 0.05) is 5.69 Å². The summed E-state index contributed by atoms with van der Waals surface area (Å²) in [6, 6.07) is 4.91. The molecular formula is C8H7N3O2. The molecule has 0 atom stereocenters. The van der Waals surface area contributed by atoms with Crippen LogP contribution in [0.25, 0.3) is 10.9 Å². The van der Waals surface area contributed by atoms with Crippen LogP contribution in [0.3, 0.4) is 0 Å². The van der Waals surface area contributed by atoms with Gasteiger partial charge in [-0.3, -0.25) is 9.78 Å². The second-order valence-corrected chi connectivity index (χ2v) is 2.68. The average Bonchev–Trinajstić information content (AvgIpc) is 2.02. The maximum absolute atomic E-state index is 11.3. The molecule has 1 heterocycles. The number of benzene rings is 1. The van der Waals surface area contributed by atoms with Crippen molar-refractivity contribution < 1.29 is 0 Å². The zero-order valence-corrected chi connectivity index (χ0v) is 6.63. The molecule has 0 aliphatic heterocycles. The predicted molar refractivity (Wildman–Crippen MR) is 49.6 cm³/mol. The van der Waals surface area contributed by atoms with E-state index in [1.165, 1.54) is 0 Å². The van der Waals surface area contributed by atoms with Crippen LogP contribution in [-0.4, -0.2) is 9.97 Å². The number of H-pyrrole nitrogens is 2. The molecule has 0 saturated heterocycles. The second-order valence-electron chi connectivity index (χ2n) is 2.68. The highest BCUT2D eigenvalue weighted by Crippen LogP contribution is 2.11. The summed E-state index contributed by atoms with van der Waals surface area (Å²) in [5.74, 6) is 0. The van der Waals surface area contributed by atoms with Gasteiger partial charge in [0.1, 0.15) is 0 Å². The molecule has 0 unspecified atom stereocenters. The highest BCUT2D eigenvalue weighted by atomic mass is 16.2. The minimum atomic E-state index is -0.525. The monoisotopic (exact) mass is 177 g/mol. The van der Waals surface area contributed by atoms with Gasteiger partial charge in [-0.1, -0.05) is 6.07 Å². The standard InChI is InChI=1S/C8H7N3O2/c9-4-2-1-3-5-6(4)7(12)11-8(13)10-5/h1-3H,9H2,(H2,10,11,12,13). The maximum atomic E-state index is 11.3. The van der Waals surface area contributed by atoms with E-state index in [-0.39, 0.29) is 0 Å². The van der Waals surface area contributed by atoms with Crippen molar-refractivity contribution >= 4 is 16.6 Å². The third-order valence-corrected chi connectivity index (χ3v) is 1.80. The SMILES string of the molecule is Nc1cccc2[nH]c(=O)[nH]c(=O)c12. The lowest BCUT2D eigenvalue weighted by molar-refractivity contribution is 1.08. The summed E-state index contributed by atoms with van der Waals surface area (Å²) in [6.45, 7) is 0. The summed E-state index contributed by atoms with van der Waals surface area (Å²) >= 11 is 0. The lowest BCUT2D eigenvalue weighted by atomic mass is 10.2. The first-order valence-electron chi connectivity index (χ1n) is 3.69. The summed E-state index contributed by atoms with van der Waals surface area (Å²) in [7, 11) is 0. The number of anilines is 1. The third-order valence-electron chi connectivity index (χ3n) is 1.80. The quantitative estimate of drug-likeness (QED) is 0.486. The molecule has 0 fully saturated rings. The van der Waals surface area contributed by atoms with E-state index < -0.39 is 11.2 Å². The van der Waals surface area contributed by atoms with E-state index in [1.807, 2.05) is 0 Å². The number of fused-ring (bicyclic) bond motifs is 1. The topological polar surface area (TPSA) is 91.7 Å². The number of nitrogens with one attached hydrogen (secondary N) is 2. The van der Waals surface area contributed by atoms with Crippen LogP contribution >= 0.6 is 0 Å². The number of nitrogens with two attached hydrogens (primary N) is 1. The van der Waals surface area contributed by atoms with E-state index >= 15 is 0 Å². The van der Waals surface area contributed by atoms with Crippen molar-refractivity contribution in [2.45, 2.75) is 0 Å². The van der Waals surface area contributed by atoms with Crippen molar-refractivity contribution in [2.75, 3.05) is 5.73 Å². The maximum Gasteiger partial charge on any atom is 0.326 e. The highest BCUT2D eigenvalue weighted by Gasteiger charge is 2.02. The van der Waals surface area contributed by atoms with Gasteiger partial charge in [-0.05, 0) is 12.1 Å². The number of hydrogen-bond donors (Lipinski definition) is 3. The summed E-state index contributed by atoms with van der Waals surface area (Å²) in [5.41, 5.74) is 5.39. The fourth-order valence-electron chi connectivity index (χ4n) is 1.25. The van der Waals surface area contributed by atoms with Gasteiger partial charge in [0.2, 0.25) is 0 Å². The molecule has 5 nitrogen and oxygen atoms in total. The molecule has 0 spiro atoms. The lowest BCUT2D eigenvalue weighted by Gasteiger charge is -1.98. The number of aromatic amines is 2. The van der Waals surface area contributed by atoms with Gasteiger partial charge >= 0.3 is 5.69 Å².